The summed E-state index contributed by atoms with van der Waals surface area (Å²) in [5.74, 6) is 1.02. The highest BCUT2D eigenvalue weighted by molar-refractivity contribution is 5.82. The Labute approximate surface area is 140 Å². The van der Waals surface area contributed by atoms with Crippen molar-refractivity contribution in [2.24, 2.45) is 5.92 Å². The van der Waals surface area contributed by atoms with E-state index in [0.29, 0.717) is 25.9 Å². The molecule has 2 N–H and O–H groups in total. The van der Waals surface area contributed by atoms with Crippen molar-refractivity contribution in [2.75, 3.05) is 13.1 Å². The minimum atomic E-state index is -0.0485. The molecule has 0 aliphatic carbocycles. The van der Waals surface area contributed by atoms with Crippen molar-refractivity contribution in [2.45, 2.75) is 38.1 Å². The van der Waals surface area contributed by atoms with Crippen LogP contribution >= 0.6 is 0 Å². The van der Waals surface area contributed by atoms with Crippen LogP contribution in [0.4, 0.5) is 0 Å². The third-order valence-electron chi connectivity index (χ3n) is 5.07. The zero-order chi connectivity index (χ0) is 16.5. The van der Waals surface area contributed by atoms with Gasteiger partial charge in [-0.25, -0.2) is 4.98 Å². The van der Waals surface area contributed by atoms with E-state index in [2.05, 4.69) is 15.3 Å². The van der Waals surface area contributed by atoms with E-state index in [1.807, 2.05) is 29.2 Å². The monoisotopic (exact) mass is 326 g/mol. The smallest absolute Gasteiger partial charge is 0.225 e. The number of amides is 2. The first-order valence-corrected chi connectivity index (χ1v) is 8.71. The minimum absolute atomic E-state index is 0.0485. The van der Waals surface area contributed by atoms with Crippen LogP contribution in [0.3, 0.4) is 0 Å². The second-order valence-electron chi connectivity index (χ2n) is 6.83. The Kier molecular flexibility index (Phi) is 3.96. The maximum Gasteiger partial charge on any atom is 0.225 e. The lowest BCUT2D eigenvalue weighted by Gasteiger charge is -2.27. The average molecular weight is 326 g/mol. The summed E-state index contributed by atoms with van der Waals surface area (Å²) in [6.07, 6.45) is 3.94. The number of fused-ring (bicyclic) bond motifs is 4. The number of aromatic amines is 1. The van der Waals surface area contributed by atoms with Gasteiger partial charge in [-0.15, -0.1) is 0 Å². The molecule has 0 unspecified atom stereocenters. The molecule has 2 saturated heterocycles. The van der Waals surface area contributed by atoms with Crippen LogP contribution in [0.2, 0.25) is 0 Å². The van der Waals surface area contributed by atoms with Crippen molar-refractivity contribution in [1.29, 1.82) is 0 Å². The highest BCUT2D eigenvalue weighted by Crippen LogP contribution is 2.22. The van der Waals surface area contributed by atoms with E-state index in [0.717, 1.165) is 36.1 Å². The lowest BCUT2D eigenvalue weighted by Crippen LogP contribution is -2.41. The molecule has 2 aromatic rings. The molecule has 2 fully saturated rings. The predicted molar refractivity (Wildman–Crippen MR) is 90.3 cm³/mol. The number of rotatable bonds is 3. The Bertz CT molecular complexity index is 736. The van der Waals surface area contributed by atoms with Gasteiger partial charge in [-0.05, 0) is 25.0 Å². The van der Waals surface area contributed by atoms with E-state index in [4.69, 9.17) is 0 Å². The van der Waals surface area contributed by atoms with Gasteiger partial charge in [0.25, 0.3) is 0 Å². The second kappa shape index (κ2) is 6.26. The Morgan fingerprint density at radius 2 is 2.12 bits per heavy atom. The third-order valence-corrected chi connectivity index (χ3v) is 5.07. The van der Waals surface area contributed by atoms with Gasteiger partial charge < -0.3 is 15.2 Å². The number of hydrogen-bond donors (Lipinski definition) is 2. The molecule has 2 bridgehead atoms. The van der Waals surface area contributed by atoms with Crippen molar-refractivity contribution < 1.29 is 9.59 Å². The van der Waals surface area contributed by atoms with Gasteiger partial charge in [0, 0.05) is 32.0 Å². The first-order chi connectivity index (χ1) is 11.7. The number of aryl methyl sites for hydroxylation is 1. The molecule has 2 atom stereocenters. The predicted octanol–water partition coefficient (Wildman–Crippen LogP) is 1.62. The molecule has 2 aliphatic rings. The molecule has 0 spiro atoms. The first kappa shape index (κ1) is 15.2. The molecule has 24 heavy (non-hydrogen) atoms. The van der Waals surface area contributed by atoms with Crippen LogP contribution in [-0.4, -0.2) is 45.8 Å². The van der Waals surface area contributed by atoms with E-state index in [1.165, 1.54) is 0 Å². The Morgan fingerprint density at radius 3 is 3.00 bits per heavy atom. The standard InChI is InChI=1S/C18H22N4O2/c23-17(9-8-16-20-14-6-1-2-7-15(14)21-16)22-10-12-4-3-5-13(11-22)19-18(12)24/h1-2,6-7,12-13H,3-5,8-11H2,(H,19,24)(H,20,21)/t12-,13+/m1/s1. The molecule has 4 rings (SSSR count). The highest BCUT2D eigenvalue weighted by atomic mass is 16.2. The van der Waals surface area contributed by atoms with Crippen LogP contribution in [0.5, 0.6) is 0 Å². The van der Waals surface area contributed by atoms with Gasteiger partial charge in [-0.2, -0.15) is 0 Å². The SMILES string of the molecule is O=C1N[C@H]2CCC[C@@H]1CN(C(=O)CCc1nc3ccccc3[nH]1)C2. The number of para-hydroxylation sites is 2. The van der Waals surface area contributed by atoms with Crippen LogP contribution in [0, 0.1) is 5.92 Å². The Morgan fingerprint density at radius 1 is 1.25 bits per heavy atom. The van der Waals surface area contributed by atoms with Crippen LogP contribution in [0.25, 0.3) is 11.0 Å². The molecule has 2 aliphatic heterocycles. The number of imidazole rings is 1. The molecule has 0 radical (unpaired) electrons. The highest BCUT2D eigenvalue weighted by Gasteiger charge is 2.34. The van der Waals surface area contributed by atoms with Gasteiger partial charge in [-0.1, -0.05) is 18.6 Å². The second-order valence-corrected chi connectivity index (χ2v) is 6.83. The van der Waals surface area contributed by atoms with Gasteiger partial charge in [0.1, 0.15) is 5.82 Å². The normalized spacial score (nSPS) is 23.8. The van der Waals surface area contributed by atoms with E-state index in [9.17, 15) is 9.59 Å². The quantitative estimate of drug-likeness (QED) is 0.900. The van der Waals surface area contributed by atoms with Crippen molar-refractivity contribution >= 4 is 22.8 Å². The summed E-state index contributed by atoms with van der Waals surface area (Å²) in [5, 5.41) is 3.07. The maximum absolute atomic E-state index is 12.6. The van der Waals surface area contributed by atoms with Gasteiger partial charge in [-0.3, -0.25) is 9.59 Å². The molecular weight excluding hydrogens is 304 g/mol. The summed E-state index contributed by atoms with van der Waals surface area (Å²) < 4.78 is 0. The molecule has 1 aromatic heterocycles. The fourth-order valence-electron chi connectivity index (χ4n) is 3.76. The summed E-state index contributed by atoms with van der Waals surface area (Å²) in [5.41, 5.74) is 1.93. The maximum atomic E-state index is 12.6. The fraction of sp³-hybridized carbons (Fsp3) is 0.500. The van der Waals surface area contributed by atoms with Crippen LogP contribution in [0.1, 0.15) is 31.5 Å². The molecule has 6 nitrogen and oxygen atoms in total. The largest absolute Gasteiger partial charge is 0.351 e. The summed E-state index contributed by atoms with van der Waals surface area (Å²) >= 11 is 0. The number of benzene rings is 1. The van der Waals surface area contributed by atoms with Crippen LogP contribution in [-0.2, 0) is 16.0 Å². The number of nitrogens with zero attached hydrogens (tertiary/aromatic N) is 2. The van der Waals surface area contributed by atoms with Gasteiger partial charge in [0.05, 0.1) is 17.0 Å². The molecule has 1 aromatic carbocycles. The van der Waals surface area contributed by atoms with Crippen molar-refractivity contribution in [3.63, 3.8) is 0 Å². The number of H-pyrrole nitrogens is 1. The summed E-state index contributed by atoms with van der Waals surface area (Å²) in [7, 11) is 0. The average Bonchev–Trinajstić information content (AvgIpc) is 2.81. The van der Waals surface area contributed by atoms with E-state index in [-0.39, 0.29) is 23.8 Å². The Balaban J connectivity index is 1.41. The van der Waals surface area contributed by atoms with Gasteiger partial charge >= 0.3 is 0 Å². The topological polar surface area (TPSA) is 78.1 Å². The molecule has 6 heteroatoms. The summed E-state index contributed by atoms with van der Waals surface area (Å²) in [6, 6.07) is 7.99. The number of aromatic nitrogens is 2. The van der Waals surface area contributed by atoms with E-state index in [1.54, 1.807) is 0 Å². The zero-order valence-corrected chi connectivity index (χ0v) is 13.6. The summed E-state index contributed by atoms with van der Waals surface area (Å²) in [4.78, 5) is 34.4. The lowest BCUT2D eigenvalue weighted by atomic mass is 9.99. The number of carbonyl (C=O) groups is 2. The fourth-order valence-corrected chi connectivity index (χ4v) is 3.76. The summed E-state index contributed by atoms with van der Waals surface area (Å²) in [6.45, 7) is 1.20. The number of nitrogens with one attached hydrogen (secondary N) is 2. The molecular formula is C18H22N4O2. The van der Waals surface area contributed by atoms with Gasteiger partial charge in [0.2, 0.25) is 11.8 Å². The van der Waals surface area contributed by atoms with Crippen LogP contribution < -0.4 is 5.32 Å². The minimum Gasteiger partial charge on any atom is -0.351 e. The van der Waals surface area contributed by atoms with Crippen molar-refractivity contribution in [3.05, 3.63) is 30.1 Å². The molecule has 2 amide bonds. The van der Waals surface area contributed by atoms with Crippen molar-refractivity contribution in [1.82, 2.24) is 20.2 Å². The number of carbonyl (C=O) groups excluding carboxylic acids is 2. The number of likely N-dealkylation sites (tertiary alicyclic amines) is 1. The number of hydrogen-bond acceptors (Lipinski definition) is 3. The van der Waals surface area contributed by atoms with Crippen molar-refractivity contribution in [3.8, 4) is 0 Å². The zero-order valence-electron chi connectivity index (χ0n) is 13.6. The lowest BCUT2D eigenvalue weighted by molar-refractivity contribution is -0.132. The molecule has 0 saturated carbocycles. The van der Waals surface area contributed by atoms with Gasteiger partial charge in [0.15, 0.2) is 0 Å². The molecule has 126 valence electrons. The molecule has 3 heterocycles. The van der Waals surface area contributed by atoms with Crippen LogP contribution in [0.15, 0.2) is 24.3 Å². The Hall–Kier alpha value is -2.37. The van der Waals surface area contributed by atoms with E-state index < -0.39 is 0 Å². The van der Waals surface area contributed by atoms with E-state index >= 15 is 0 Å². The first-order valence-electron chi connectivity index (χ1n) is 8.71. The third kappa shape index (κ3) is 3.00.